The van der Waals surface area contributed by atoms with E-state index in [9.17, 15) is 4.79 Å². The van der Waals surface area contributed by atoms with Gasteiger partial charge in [0.1, 0.15) is 0 Å². The molecule has 8 heteroatoms. The number of carbonyl (C=O) groups excluding carboxylic acids is 1. The lowest BCUT2D eigenvalue weighted by atomic mass is 10.1. The second-order valence-electron chi connectivity index (χ2n) is 6.33. The van der Waals surface area contributed by atoms with Gasteiger partial charge >= 0.3 is 0 Å². The maximum absolute atomic E-state index is 12.5. The van der Waals surface area contributed by atoms with Crippen molar-refractivity contribution in [3.63, 3.8) is 0 Å². The molecule has 27 heavy (non-hydrogen) atoms. The molecule has 0 radical (unpaired) electrons. The van der Waals surface area contributed by atoms with E-state index in [1.54, 1.807) is 16.6 Å². The molecule has 0 N–H and O–H groups in total. The summed E-state index contributed by atoms with van der Waals surface area (Å²) < 4.78 is 1.67. The highest BCUT2D eigenvalue weighted by atomic mass is 35.5. The Morgan fingerprint density at radius 2 is 2.04 bits per heavy atom. The predicted octanol–water partition coefficient (Wildman–Crippen LogP) is 3.68. The average molecular weight is 402 g/mol. The Labute approximate surface area is 167 Å². The number of amides is 1. The summed E-state index contributed by atoms with van der Waals surface area (Å²) in [7, 11) is 1.77. The second-order valence-corrected chi connectivity index (χ2v) is 7.71. The molecule has 1 amide bonds. The van der Waals surface area contributed by atoms with Crippen LogP contribution in [0.2, 0.25) is 5.02 Å². The van der Waals surface area contributed by atoms with Crippen molar-refractivity contribution in [1.29, 1.82) is 0 Å². The van der Waals surface area contributed by atoms with Gasteiger partial charge < -0.3 is 4.90 Å². The maximum atomic E-state index is 12.5. The molecule has 3 rings (SSSR count). The van der Waals surface area contributed by atoms with Gasteiger partial charge in [-0.1, -0.05) is 53.2 Å². The molecule has 0 atom stereocenters. The number of halogens is 1. The van der Waals surface area contributed by atoms with E-state index in [1.165, 1.54) is 17.3 Å². The quantitative estimate of drug-likeness (QED) is 0.589. The van der Waals surface area contributed by atoms with Crippen molar-refractivity contribution in [1.82, 2.24) is 25.1 Å². The zero-order valence-corrected chi connectivity index (χ0v) is 17.0. The molecule has 2 aromatic carbocycles. The molecule has 0 spiro atoms. The van der Waals surface area contributed by atoms with Crippen LogP contribution in [0.25, 0.3) is 5.69 Å². The Morgan fingerprint density at radius 3 is 2.78 bits per heavy atom. The summed E-state index contributed by atoms with van der Waals surface area (Å²) in [6.07, 6.45) is 0. The Kier molecular flexibility index (Phi) is 6.13. The molecule has 0 saturated heterocycles. The first-order valence-corrected chi connectivity index (χ1v) is 9.77. The summed E-state index contributed by atoms with van der Waals surface area (Å²) in [5.74, 6) is 0.248. The van der Waals surface area contributed by atoms with Gasteiger partial charge in [-0.2, -0.15) is 4.68 Å². The third kappa shape index (κ3) is 4.87. The van der Waals surface area contributed by atoms with Crippen LogP contribution < -0.4 is 0 Å². The van der Waals surface area contributed by atoms with Gasteiger partial charge in [0.15, 0.2) is 0 Å². The smallest absolute Gasteiger partial charge is 0.233 e. The highest BCUT2D eigenvalue weighted by Gasteiger charge is 2.15. The van der Waals surface area contributed by atoms with Crippen LogP contribution in [0.3, 0.4) is 0 Å². The number of tetrazole rings is 1. The number of rotatable bonds is 6. The minimum absolute atomic E-state index is 0.00449. The molecular weight excluding hydrogens is 382 g/mol. The topological polar surface area (TPSA) is 63.9 Å². The Balaban J connectivity index is 1.65. The first-order valence-electron chi connectivity index (χ1n) is 8.41. The van der Waals surface area contributed by atoms with Crippen LogP contribution in [-0.4, -0.2) is 43.8 Å². The number of hydrogen-bond donors (Lipinski definition) is 0. The molecule has 0 saturated carbocycles. The summed E-state index contributed by atoms with van der Waals surface area (Å²) in [6, 6.07) is 13.6. The lowest BCUT2D eigenvalue weighted by Gasteiger charge is -2.17. The Morgan fingerprint density at radius 1 is 1.22 bits per heavy atom. The predicted molar refractivity (Wildman–Crippen MR) is 107 cm³/mol. The van der Waals surface area contributed by atoms with Crippen molar-refractivity contribution in [2.45, 2.75) is 25.5 Å². The van der Waals surface area contributed by atoms with Gasteiger partial charge in [0.05, 0.1) is 11.4 Å². The number of nitrogens with zero attached hydrogens (tertiary/aromatic N) is 5. The van der Waals surface area contributed by atoms with Crippen LogP contribution in [0.15, 0.2) is 47.6 Å². The summed E-state index contributed by atoms with van der Waals surface area (Å²) in [4.78, 5) is 14.2. The zero-order chi connectivity index (χ0) is 19.4. The molecule has 6 nitrogen and oxygen atoms in total. The molecule has 0 fully saturated rings. The van der Waals surface area contributed by atoms with Crippen LogP contribution in [-0.2, 0) is 11.3 Å². The summed E-state index contributed by atoms with van der Waals surface area (Å²) in [5, 5.41) is 13.1. The van der Waals surface area contributed by atoms with Crippen molar-refractivity contribution in [3.05, 3.63) is 64.2 Å². The minimum atomic E-state index is -0.00449. The third-order valence-electron chi connectivity index (χ3n) is 4.08. The van der Waals surface area contributed by atoms with Gasteiger partial charge in [-0.3, -0.25) is 4.79 Å². The molecule has 0 bridgehead atoms. The third-order valence-corrected chi connectivity index (χ3v) is 5.22. The fourth-order valence-corrected chi connectivity index (χ4v) is 3.73. The number of hydrogen-bond acceptors (Lipinski definition) is 5. The molecule has 0 aliphatic rings. The van der Waals surface area contributed by atoms with E-state index in [2.05, 4.69) is 21.6 Å². The number of carbonyl (C=O) groups is 1. The fourth-order valence-electron chi connectivity index (χ4n) is 2.70. The lowest BCUT2D eigenvalue weighted by molar-refractivity contribution is -0.127. The summed E-state index contributed by atoms with van der Waals surface area (Å²) >= 11 is 7.32. The number of thioether (sulfide) groups is 1. The van der Waals surface area contributed by atoms with E-state index in [4.69, 9.17) is 11.6 Å². The van der Waals surface area contributed by atoms with Gasteiger partial charge in [-0.05, 0) is 53.6 Å². The van der Waals surface area contributed by atoms with Crippen molar-refractivity contribution >= 4 is 29.3 Å². The largest absolute Gasteiger partial charge is 0.341 e. The van der Waals surface area contributed by atoms with Crippen LogP contribution in [0.4, 0.5) is 0 Å². The Bertz CT molecular complexity index is 959. The van der Waals surface area contributed by atoms with Gasteiger partial charge in [0.2, 0.25) is 11.1 Å². The van der Waals surface area contributed by atoms with Gasteiger partial charge in [-0.25, -0.2) is 0 Å². The van der Waals surface area contributed by atoms with E-state index < -0.39 is 0 Å². The van der Waals surface area contributed by atoms with Crippen LogP contribution in [0.1, 0.15) is 16.7 Å². The van der Waals surface area contributed by atoms with E-state index in [0.29, 0.717) is 16.7 Å². The van der Waals surface area contributed by atoms with E-state index in [0.717, 1.165) is 16.8 Å². The van der Waals surface area contributed by atoms with E-state index in [1.807, 2.05) is 50.2 Å². The monoisotopic (exact) mass is 401 g/mol. The van der Waals surface area contributed by atoms with Crippen LogP contribution >= 0.6 is 23.4 Å². The molecule has 1 heterocycles. The summed E-state index contributed by atoms with van der Waals surface area (Å²) in [6.45, 7) is 4.56. The van der Waals surface area contributed by atoms with Crippen molar-refractivity contribution < 1.29 is 4.79 Å². The van der Waals surface area contributed by atoms with Gasteiger partial charge in [0.25, 0.3) is 0 Å². The van der Waals surface area contributed by atoms with E-state index in [-0.39, 0.29) is 11.7 Å². The molecular formula is C19H20ClN5OS. The average Bonchev–Trinajstić information content (AvgIpc) is 3.08. The number of aromatic nitrogens is 4. The molecule has 3 aromatic rings. The first kappa shape index (κ1) is 19.4. The fraction of sp³-hybridized carbons (Fsp3) is 0.263. The molecule has 0 aliphatic carbocycles. The molecule has 0 unspecified atom stereocenters. The highest BCUT2D eigenvalue weighted by molar-refractivity contribution is 7.99. The second kappa shape index (κ2) is 8.54. The maximum Gasteiger partial charge on any atom is 0.233 e. The SMILES string of the molecule is Cc1ccc(-n2nnnc2SCC(=O)N(C)Cc2cccc(Cl)c2)c(C)c1. The molecule has 1 aromatic heterocycles. The van der Waals surface area contributed by atoms with Crippen molar-refractivity contribution in [3.8, 4) is 5.69 Å². The standard InChI is InChI=1S/C19H20ClN5OS/c1-13-7-8-17(14(2)9-13)25-19(21-22-23-25)27-12-18(26)24(3)11-15-5-4-6-16(20)10-15/h4-10H,11-12H2,1-3H3. The molecule has 140 valence electrons. The molecule has 0 aliphatic heterocycles. The van der Waals surface area contributed by atoms with Gasteiger partial charge in [0, 0.05) is 18.6 Å². The lowest BCUT2D eigenvalue weighted by Crippen LogP contribution is -2.27. The normalized spacial score (nSPS) is 10.8. The highest BCUT2D eigenvalue weighted by Crippen LogP contribution is 2.22. The van der Waals surface area contributed by atoms with Gasteiger partial charge in [-0.15, -0.1) is 5.10 Å². The zero-order valence-electron chi connectivity index (χ0n) is 15.4. The summed E-state index contributed by atoms with van der Waals surface area (Å²) in [5.41, 5.74) is 4.15. The van der Waals surface area contributed by atoms with Crippen LogP contribution in [0, 0.1) is 13.8 Å². The minimum Gasteiger partial charge on any atom is -0.341 e. The Hall–Kier alpha value is -2.38. The van der Waals surface area contributed by atoms with Crippen molar-refractivity contribution in [2.24, 2.45) is 0 Å². The van der Waals surface area contributed by atoms with Crippen LogP contribution in [0.5, 0.6) is 0 Å². The first-order chi connectivity index (χ1) is 12.9. The van der Waals surface area contributed by atoms with E-state index >= 15 is 0 Å². The number of benzene rings is 2. The van der Waals surface area contributed by atoms with Crippen molar-refractivity contribution in [2.75, 3.05) is 12.8 Å². The number of aryl methyl sites for hydroxylation is 2.